The van der Waals surface area contributed by atoms with Gasteiger partial charge in [0.2, 0.25) is 0 Å². The molecule has 4 heteroatoms. The number of nitrogens with one attached hydrogen (secondary N) is 1. The van der Waals surface area contributed by atoms with E-state index in [9.17, 15) is 0 Å². The molecule has 88 valence electrons. The summed E-state index contributed by atoms with van der Waals surface area (Å²) in [5.74, 6) is 3.23. The molecule has 0 radical (unpaired) electrons. The first kappa shape index (κ1) is 11.2. The van der Waals surface area contributed by atoms with Crippen LogP contribution in [0.5, 0.6) is 0 Å². The highest BCUT2D eigenvalue weighted by Gasteiger charge is 2.19. The summed E-state index contributed by atoms with van der Waals surface area (Å²) in [5, 5.41) is 3.31. The van der Waals surface area contributed by atoms with Gasteiger partial charge in [0, 0.05) is 19.0 Å². The van der Waals surface area contributed by atoms with Crippen LogP contribution in [-0.4, -0.2) is 16.5 Å². The second-order valence-electron chi connectivity index (χ2n) is 4.46. The van der Waals surface area contributed by atoms with E-state index in [1.165, 1.54) is 25.7 Å². The van der Waals surface area contributed by atoms with Crippen LogP contribution in [-0.2, 0) is 6.42 Å². The normalized spacial score (nSPS) is 15.1. The average molecular weight is 220 g/mol. The number of anilines is 2. The second kappa shape index (κ2) is 5.14. The van der Waals surface area contributed by atoms with Gasteiger partial charge in [0.1, 0.15) is 17.5 Å². The molecule has 1 fully saturated rings. The Kier molecular flexibility index (Phi) is 3.59. The predicted molar refractivity (Wildman–Crippen MR) is 66.3 cm³/mol. The fraction of sp³-hybridized carbons (Fsp3) is 0.667. The third-order valence-corrected chi connectivity index (χ3v) is 2.90. The van der Waals surface area contributed by atoms with Crippen molar-refractivity contribution in [1.29, 1.82) is 0 Å². The van der Waals surface area contributed by atoms with E-state index in [1.807, 2.05) is 6.92 Å². The number of nitrogen functional groups attached to an aromatic ring is 1. The summed E-state index contributed by atoms with van der Waals surface area (Å²) in [4.78, 5) is 8.53. The van der Waals surface area contributed by atoms with Crippen LogP contribution in [0.4, 0.5) is 11.6 Å². The summed E-state index contributed by atoms with van der Waals surface area (Å²) in [6, 6.07) is 1.80. The summed E-state index contributed by atoms with van der Waals surface area (Å²) < 4.78 is 0. The highest BCUT2D eigenvalue weighted by atomic mass is 15.0. The first-order valence-electron chi connectivity index (χ1n) is 6.15. The minimum absolute atomic E-state index is 0.552. The molecular formula is C12H20N4. The lowest BCUT2D eigenvalue weighted by atomic mass is 10.2. The van der Waals surface area contributed by atoms with E-state index < -0.39 is 0 Å². The second-order valence-corrected chi connectivity index (χ2v) is 4.46. The zero-order valence-electron chi connectivity index (χ0n) is 9.87. The Morgan fingerprint density at radius 2 is 2.25 bits per heavy atom. The fourth-order valence-corrected chi connectivity index (χ4v) is 1.78. The first-order chi connectivity index (χ1) is 7.78. The number of aromatic nitrogens is 2. The number of nitrogens with zero attached hydrogens (tertiary/aromatic N) is 2. The Bertz CT molecular complexity index is 347. The van der Waals surface area contributed by atoms with E-state index in [-0.39, 0.29) is 0 Å². The van der Waals surface area contributed by atoms with Crippen LogP contribution in [0, 0.1) is 5.92 Å². The van der Waals surface area contributed by atoms with Crippen molar-refractivity contribution in [3.63, 3.8) is 0 Å². The molecule has 0 amide bonds. The van der Waals surface area contributed by atoms with Crippen molar-refractivity contribution in [2.45, 2.75) is 39.0 Å². The predicted octanol–water partition coefficient (Wildman–Crippen LogP) is 2.22. The van der Waals surface area contributed by atoms with E-state index in [4.69, 9.17) is 5.73 Å². The third kappa shape index (κ3) is 3.36. The molecule has 3 N–H and O–H groups in total. The van der Waals surface area contributed by atoms with Gasteiger partial charge < -0.3 is 11.1 Å². The van der Waals surface area contributed by atoms with E-state index in [1.54, 1.807) is 6.07 Å². The van der Waals surface area contributed by atoms with Crippen LogP contribution in [0.3, 0.4) is 0 Å². The highest BCUT2D eigenvalue weighted by molar-refractivity contribution is 5.44. The molecule has 4 nitrogen and oxygen atoms in total. The Morgan fingerprint density at radius 3 is 2.94 bits per heavy atom. The Labute approximate surface area is 96.7 Å². The highest BCUT2D eigenvalue weighted by Crippen LogP contribution is 2.33. The summed E-state index contributed by atoms with van der Waals surface area (Å²) in [5.41, 5.74) is 5.71. The topological polar surface area (TPSA) is 63.8 Å². The van der Waals surface area contributed by atoms with Crippen LogP contribution in [0.1, 0.15) is 38.4 Å². The molecule has 1 aromatic heterocycles. The van der Waals surface area contributed by atoms with Gasteiger partial charge in [-0.3, -0.25) is 0 Å². The molecule has 1 heterocycles. The van der Waals surface area contributed by atoms with E-state index in [0.29, 0.717) is 5.82 Å². The van der Waals surface area contributed by atoms with Crippen molar-refractivity contribution in [2.75, 3.05) is 17.6 Å². The molecule has 0 unspecified atom stereocenters. The molecule has 16 heavy (non-hydrogen) atoms. The first-order valence-corrected chi connectivity index (χ1v) is 6.15. The van der Waals surface area contributed by atoms with Gasteiger partial charge in [-0.15, -0.1) is 0 Å². The van der Waals surface area contributed by atoms with E-state index in [2.05, 4.69) is 15.3 Å². The lowest BCUT2D eigenvalue weighted by Crippen LogP contribution is -2.07. The van der Waals surface area contributed by atoms with E-state index in [0.717, 1.165) is 30.5 Å². The minimum Gasteiger partial charge on any atom is -0.384 e. The molecule has 0 aliphatic heterocycles. The van der Waals surface area contributed by atoms with Crippen molar-refractivity contribution in [3.8, 4) is 0 Å². The van der Waals surface area contributed by atoms with Crippen molar-refractivity contribution < 1.29 is 0 Å². The fourth-order valence-electron chi connectivity index (χ4n) is 1.78. The zero-order valence-corrected chi connectivity index (χ0v) is 9.87. The largest absolute Gasteiger partial charge is 0.384 e. The average Bonchev–Trinajstić information content (AvgIpc) is 3.07. The number of rotatable bonds is 6. The molecule has 1 aromatic rings. The van der Waals surface area contributed by atoms with Crippen molar-refractivity contribution in [2.24, 2.45) is 5.92 Å². The molecule has 0 aromatic carbocycles. The molecule has 0 saturated heterocycles. The van der Waals surface area contributed by atoms with Gasteiger partial charge in [-0.05, 0) is 18.8 Å². The quantitative estimate of drug-likeness (QED) is 0.721. The maximum atomic E-state index is 5.71. The van der Waals surface area contributed by atoms with Gasteiger partial charge in [-0.2, -0.15) is 0 Å². The lowest BCUT2D eigenvalue weighted by Gasteiger charge is -2.07. The molecular weight excluding hydrogens is 200 g/mol. The van der Waals surface area contributed by atoms with Crippen LogP contribution in [0.15, 0.2) is 6.07 Å². The summed E-state index contributed by atoms with van der Waals surface area (Å²) in [6.07, 6.45) is 6.24. The summed E-state index contributed by atoms with van der Waals surface area (Å²) >= 11 is 0. The van der Waals surface area contributed by atoms with Gasteiger partial charge >= 0.3 is 0 Å². The lowest BCUT2D eigenvalue weighted by molar-refractivity contribution is 0.686. The smallest absolute Gasteiger partial charge is 0.132 e. The molecule has 0 atom stereocenters. The Balaban J connectivity index is 1.80. The summed E-state index contributed by atoms with van der Waals surface area (Å²) in [6.45, 7) is 3.02. The summed E-state index contributed by atoms with van der Waals surface area (Å²) in [7, 11) is 0. The Morgan fingerprint density at radius 1 is 1.44 bits per heavy atom. The maximum Gasteiger partial charge on any atom is 0.132 e. The van der Waals surface area contributed by atoms with Gasteiger partial charge in [-0.25, -0.2) is 9.97 Å². The van der Waals surface area contributed by atoms with Crippen LogP contribution in [0.25, 0.3) is 0 Å². The molecule has 0 bridgehead atoms. The number of hydrogen-bond acceptors (Lipinski definition) is 4. The van der Waals surface area contributed by atoms with Crippen molar-refractivity contribution in [1.82, 2.24) is 9.97 Å². The minimum atomic E-state index is 0.552. The van der Waals surface area contributed by atoms with Crippen molar-refractivity contribution in [3.05, 3.63) is 11.9 Å². The van der Waals surface area contributed by atoms with Crippen LogP contribution < -0.4 is 11.1 Å². The molecule has 1 aliphatic rings. The maximum absolute atomic E-state index is 5.71. The molecule has 1 saturated carbocycles. The van der Waals surface area contributed by atoms with Gasteiger partial charge in [0.25, 0.3) is 0 Å². The zero-order chi connectivity index (χ0) is 11.4. The van der Waals surface area contributed by atoms with Gasteiger partial charge in [0.15, 0.2) is 0 Å². The standard InChI is InChI=1S/C12H20N4/c1-2-11-15-10(13)8-12(16-11)14-7-3-4-9-5-6-9/h8-9H,2-7H2,1H3,(H3,13,14,15,16). The third-order valence-electron chi connectivity index (χ3n) is 2.90. The molecule has 2 rings (SSSR count). The van der Waals surface area contributed by atoms with Gasteiger partial charge in [-0.1, -0.05) is 19.8 Å². The number of hydrogen-bond donors (Lipinski definition) is 2. The number of aryl methyl sites for hydroxylation is 1. The Hall–Kier alpha value is -1.32. The van der Waals surface area contributed by atoms with Crippen LogP contribution >= 0.6 is 0 Å². The van der Waals surface area contributed by atoms with Crippen molar-refractivity contribution >= 4 is 11.6 Å². The monoisotopic (exact) mass is 220 g/mol. The SMILES string of the molecule is CCc1nc(N)cc(NCCCC2CC2)n1. The van der Waals surface area contributed by atoms with Gasteiger partial charge in [0.05, 0.1) is 0 Å². The number of nitrogens with two attached hydrogens (primary N) is 1. The van der Waals surface area contributed by atoms with E-state index >= 15 is 0 Å². The van der Waals surface area contributed by atoms with Crippen LogP contribution in [0.2, 0.25) is 0 Å². The molecule has 0 spiro atoms. The molecule has 1 aliphatic carbocycles.